The highest BCUT2D eigenvalue weighted by Gasteiger charge is 2.01. The second-order valence-electron chi connectivity index (χ2n) is 3.77. The maximum absolute atomic E-state index is 10.6. The van der Waals surface area contributed by atoms with Crippen LogP contribution in [0.2, 0.25) is 0 Å². The van der Waals surface area contributed by atoms with Crippen molar-refractivity contribution >= 4 is 28.0 Å². The highest BCUT2D eigenvalue weighted by Crippen LogP contribution is 2.24. The van der Waals surface area contributed by atoms with Gasteiger partial charge in [-0.05, 0) is 36.4 Å². The second kappa shape index (κ2) is 6.48. The van der Waals surface area contributed by atoms with Crippen LogP contribution in [0.3, 0.4) is 0 Å². The van der Waals surface area contributed by atoms with Gasteiger partial charge in [-0.1, -0.05) is 0 Å². The van der Waals surface area contributed by atoms with Crippen LogP contribution in [0.25, 0.3) is 0 Å². The summed E-state index contributed by atoms with van der Waals surface area (Å²) in [6.07, 6.45) is 1.41. The first-order chi connectivity index (χ1) is 10.0. The molecule has 0 atom stereocenters. The lowest BCUT2D eigenvalue weighted by molar-refractivity contribution is 0.259. The number of ether oxygens (including phenoxy) is 1. The fourth-order valence-corrected chi connectivity index (χ4v) is 1.73. The zero-order valence-electron chi connectivity index (χ0n) is 10.6. The van der Waals surface area contributed by atoms with E-state index in [4.69, 9.17) is 10.5 Å². The van der Waals surface area contributed by atoms with Crippen LogP contribution in [0.5, 0.6) is 11.5 Å². The van der Waals surface area contributed by atoms with E-state index in [0.29, 0.717) is 23.0 Å². The molecule has 0 aliphatic heterocycles. The van der Waals surface area contributed by atoms with E-state index in [9.17, 15) is 13.2 Å². The predicted molar refractivity (Wildman–Crippen MR) is 75.0 cm³/mol. The smallest absolute Gasteiger partial charge is 0.317 e. The summed E-state index contributed by atoms with van der Waals surface area (Å²) in [6, 6.07) is 8.57. The van der Waals surface area contributed by atoms with Gasteiger partial charge in [-0.3, -0.25) is 5.32 Å². The van der Waals surface area contributed by atoms with Crippen LogP contribution in [-0.4, -0.2) is 19.4 Å². The van der Waals surface area contributed by atoms with E-state index in [-0.39, 0.29) is 0 Å². The molecule has 0 radical (unpaired) electrons. The lowest BCUT2D eigenvalue weighted by Crippen LogP contribution is -2.19. The molecule has 21 heavy (non-hydrogen) atoms. The molecule has 0 saturated heterocycles. The molecule has 2 amide bonds. The van der Waals surface area contributed by atoms with Crippen molar-refractivity contribution in [1.29, 1.82) is 0 Å². The minimum absolute atomic E-state index is 0.301. The van der Waals surface area contributed by atoms with Gasteiger partial charge in [-0.15, -0.1) is 4.36 Å². The van der Waals surface area contributed by atoms with Gasteiger partial charge in [-0.25, -0.2) is 9.78 Å². The summed E-state index contributed by atoms with van der Waals surface area (Å²) < 4.78 is 29.7. The molecule has 0 spiro atoms. The number of urea groups is 1. The molecule has 2 aromatic rings. The van der Waals surface area contributed by atoms with Crippen LogP contribution in [-0.2, 0) is 10.5 Å². The number of aromatic nitrogens is 1. The van der Waals surface area contributed by atoms with Gasteiger partial charge in [0, 0.05) is 0 Å². The van der Waals surface area contributed by atoms with Crippen molar-refractivity contribution in [2.45, 2.75) is 0 Å². The summed E-state index contributed by atoms with van der Waals surface area (Å²) in [5.41, 5.74) is 5.26. The van der Waals surface area contributed by atoms with Gasteiger partial charge in [0.25, 0.3) is 0 Å². The highest BCUT2D eigenvalue weighted by atomic mass is 32.2. The fourth-order valence-electron chi connectivity index (χ4n) is 1.44. The fraction of sp³-hybridized carbons (Fsp3) is 0. The molecule has 3 N–H and O–H groups in total. The average Bonchev–Trinajstić information content (AvgIpc) is 2.42. The molecule has 1 aromatic heterocycles. The first-order valence-electron chi connectivity index (χ1n) is 5.64. The third-order valence-electron chi connectivity index (χ3n) is 2.24. The van der Waals surface area contributed by atoms with E-state index in [0.717, 1.165) is 0 Å². The van der Waals surface area contributed by atoms with Gasteiger partial charge in [-0.2, -0.15) is 8.42 Å². The number of pyridine rings is 1. The Hall–Kier alpha value is -2.94. The number of nitrogens with two attached hydrogens (primary N) is 1. The molecular formula is C12H10N4O4S. The van der Waals surface area contributed by atoms with Crippen molar-refractivity contribution in [2.24, 2.45) is 10.1 Å². The number of rotatable bonds is 4. The van der Waals surface area contributed by atoms with Gasteiger partial charge < -0.3 is 10.5 Å². The average molecular weight is 306 g/mol. The van der Waals surface area contributed by atoms with E-state index in [1.807, 2.05) is 0 Å². The normalized spacial score (nSPS) is 9.71. The lowest BCUT2D eigenvalue weighted by Gasteiger charge is -2.06. The number of primary amides is 1. The predicted octanol–water partition coefficient (Wildman–Crippen LogP) is 2.06. The van der Waals surface area contributed by atoms with Crippen molar-refractivity contribution in [3.63, 3.8) is 0 Å². The number of amides is 2. The van der Waals surface area contributed by atoms with E-state index in [2.05, 4.69) is 14.7 Å². The Labute approximate surface area is 121 Å². The van der Waals surface area contributed by atoms with Crippen LogP contribution in [0.15, 0.2) is 47.0 Å². The molecule has 0 saturated carbocycles. The van der Waals surface area contributed by atoms with Gasteiger partial charge in [0.1, 0.15) is 17.3 Å². The lowest BCUT2D eigenvalue weighted by atomic mass is 10.3. The Balaban J connectivity index is 2.07. The number of carbonyl (C=O) groups excluding carboxylic acids is 1. The molecule has 1 heterocycles. The van der Waals surface area contributed by atoms with E-state index >= 15 is 0 Å². The summed E-state index contributed by atoms with van der Waals surface area (Å²) >= 11 is 0. The van der Waals surface area contributed by atoms with Crippen LogP contribution in [0, 0.1) is 0 Å². The van der Waals surface area contributed by atoms with Crippen LogP contribution >= 0.6 is 0 Å². The molecule has 2 rings (SSSR count). The zero-order chi connectivity index (χ0) is 15.2. The summed E-state index contributed by atoms with van der Waals surface area (Å²) in [5.74, 6) is 1.24. The van der Waals surface area contributed by atoms with Crippen molar-refractivity contribution in [2.75, 3.05) is 5.32 Å². The van der Waals surface area contributed by atoms with Crippen LogP contribution in [0.4, 0.5) is 16.3 Å². The summed E-state index contributed by atoms with van der Waals surface area (Å²) in [6.45, 7) is 0. The second-order valence-corrected chi connectivity index (χ2v) is 4.39. The number of benzene rings is 1. The van der Waals surface area contributed by atoms with Crippen LogP contribution in [0.1, 0.15) is 0 Å². The molecular weight excluding hydrogens is 296 g/mol. The molecule has 1 aromatic carbocycles. The topological polar surface area (TPSA) is 124 Å². The maximum Gasteiger partial charge on any atom is 0.317 e. The molecule has 8 nitrogen and oxygen atoms in total. The minimum atomic E-state index is -2.49. The van der Waals surface area contributed by atoms with Crippen molar-refractivity contribution in [1.82, 2.24) is 4.98 Å². The Morgan fingerprint density at radius 2 is 1.81 bits per heavy atom. The molecule has 0 aliphatic carbocycles. The molecule has 0 aliphatic rings. The maximum atomic E-state index is 10.6. The summed E-state index contributed by atoms with van der Waals surface area (Å²) in [5, 5.41) is 2.32. The molecule has 0 fully saturated rings. The largest absolute Gasteiger partial charge is 0.456 e. The minimum Gasteiger partial charge on any atom is -0.456 e. The number of anilines is 1. The Bertz CT molecular complexity index is 762. The third kappa shape index (κ3) is 4.58. The SMILES string of the molecule is NC(=O)Nc1ccc(Oc2ccc(N=S(=O)=O)cc2)cn1. The van der Waals surface area contributed by atoms with Crippen molar-refractivity contribution in [3.05, 3.63) is 42.6 Å². The number of nitrogens with one attached hydrogen (secondary N) is 1. The quantitative estimate of drug-likeness (QED) is 0.894. The first-order valence-corrected chi connectivity index (χ1v) is 6.67. The molecule has 9 heteroatoms. The van der Waals surface area contributed by atoms with E-state index in [1.54, 1.807) is 18.2 Å². The number of hydrogen-bond donors (Lipinski definition) is 2. The first kappa shape index (κ1) is 14.5. The van der Waals surface area contributed by atoms with E-state index < -0.39 is 16.5 Å². The summed E-state index contributed by atoms with van der Waals surface area (Å²) in [4.78, 5) is 14.6. The third-order valence-corrected chi connectivity index (χ3v) is 2.60. The Morgan fingerprint density at radius 1 is 1.14 bits per heavy atom. The number of carbonyl (C=O) groups is 1. The van der Waals surface area contributed by atoms with E-state index in [1.165, 1.54) is 24.4 Å². The highest BCUT2D eigenvalue weighted by molar-refractivity contribution is 7.61. The standard InChI is InChI=1S/C12H10N4O4S/c13-12(17)15-11-6-5-10(7-14-11)20-9-3-1-8(2-4-9)16-21(18)19/h1-7H,(H3,13,14,15,17). The van der Waals surface area contributed by atoms with Gasteiger partial charge in [0.15, 0.2) is 0 Å². The van der Waals surface area contributed by atoms with Gasteiger partial charge in [0.05, 0.1) is 11.9 Å². The summed E-state index contributed by atoms with van der Waals surface area (Å²) in [7, 11) is -2.49. The van der Waals surface area contributed by atoms with Gasteiger partial charge >= 0.3 is 16.5 Å². The number of hydrogen-bond acceptors (Lipinski definition) is 6. The van der Waals surface area contributed by atoms with Crippen LogP contribution < -0.4 is 15.8 Å². The zero-order valence-corrected chi connectivity index (χ0v) is 11.4. The number of nitrogens with zero attached hydrogens (tertiary/aromatic N) is 2. The molecule has 108 valence electrons. The van der Waals surface area contributed by atoms with Crippen molar-refractivity contribution in [3.8, 4) is 11.5 Å². The Morgan fingerprint density at radius 3 is 2.33 bits per heavy atom. The van der Waals surface area contributed by atoms with Gasteiger partial charge in [0.2, 0.25) is 0 Å². The molecule has 0 unspecified atom stereocenters. The van der Waals surface area contributed by atoms with Crippen molar-refractivity contribution < 1.29 is 17.9 Å². The Kier molecular flexibility index (Phi) is 4.46. The monoisotopic (exact) mass is 306 g/mol. The molecule has 0 bridgehead atoms.